The Morgan fingerprint density at radius 2 is 1.06 bits per heavy atom. The number of hydrogen-bond acceptors (Lipinski definition) is 6. The zero-order valence-electron chi connectivity index (χ0n) is 18.9. The predicted molar refractivity (Wildman–Crippen MR) is 125 cm³/mol. The molecule has 1 aliphatic heterocycles. The molecule has 0 bridgehead atoms. The van der Waals surface area contributed by atoms with E-state index in [0.29, 0.717) is 5.56 Å². The van der Waals surface area contributed by atoms with Crippen LogP contribution < -0.4 is 26.6 Å². The topological polar surface area (TPSA) is 166 Å². The van der Waals surface area contributed by atoms with E-state index in [4.69, 9.17) is 0 Å². The second kappa shape index (κ2) is 12.2. The first kappa shape index (κ1) is 25.2. The molecule has 0 radical (unpaired) electrons. The first-order chi connectivity index (χ1) is 16.8. The van der Waals surface area contributed by atoms with Crippen molar-refractivity contribution in [3.63, 3.8) is 0 Å². The molecule has 1 saturated heterocycles. The highest BCUT2D eigenvalue weighted by atomic mass is 16.3. The van der Waals surface area contributed by atoms with Crippen LogP contribution in [0.2, 0.25) is 0 Å². The summed E-state index contributed by atoms with van der Waals surface area (Å²) in [5, 5.41) is 21.9. The quantitative estimate of drug-likeness (QED) is 0.311. The number of hydrogen-bond donors (Lipinski definition) is 6. The van der Waals surface area contributed by atoms with Crippen molar-refractivity contribution in [2.45, 2.75) is 24.9 Å². The Morgan fingerprint density at radius 3 is 1.60 bits per heavy atom. The Kier molecular flexibility index (Phi) is 8.76. The lowest BCUT2D eigenvalue weighted by Crippen LogP contribution is -2.53. The maximum Gasteiger partial charge on any atom is 0.243 e. The minimum Gasteiger partial charge on any atom is -0.508 e. The minimum atomic E-state index is -1.04. The number of rotatable bonds is 4. The molecular weight excluding hydrogens is 454 g/mol. The van der Waals surface area contributed by atoms with Gasteiger partial charge < -0.3 is 31.7 Å². The molecular formula is C24H27N5O6. The van der Waals surface area contributed by atoms with Gasteiger partial charge in [-0.05, 0) is 23.3 Å². The van der Waals surface area contributed by atoms with Gasteiger partial charge in [-0.2, -0.15) is 0 Å². The van der Waals surface area contributed by atoms with E-state index < -0.39 is 54.7 Å². The lowest BCUT2D eigenvalue weighted by molar-refractivity contribution is -0.131. The van der Waals surface area contributed by atoms with Crippen LogP contribution in [0.3, 0.4) is 0 Å². The Bertz CT molecular complexity index is 1070. The molecule has 1 aliphatic rings. The van der Waals surface area contributed by atoms with Crippen molar-refractivity contribution in [2.24, 2.45) is 0 Å². The van der Waals surface area contributed by atoms with Gasteiger partial charge in [0.2, 0.25) is 29.5 Å². The first-order valence-corrected chi connectivity index (χ1v) is 11.0. The summed E-state index contributed by atoms with van der Waals surface area (Å²) in [6.45, 7) is -1.21. The smallest absolute Gasteiger partial charge is 0.243 e. The van der Waals surface area contributed by atoms with Crippen molar-refractivity contribution < 1.29 is 29.1 Å². The molecule has 0 aromatic heterocycles. The highest BCUT2D eigenvalue weighted by molar-refractivity contribution is 5.95. The van der Waals surface area contributed by atoms with Gasteiger partial charge in [0.25, 0.3) is 0 Å². The van der Waals surface area contributed by atoms with Gasteiger partial charge in [-0.1, -0.05) is 42.5 Å². The van der Waals surface area contributed by atoms with Gasteiger partial charge in [0.05, 0.1) is 19.6 Å². The second-order valence-corrected chi connectivity index (χ2v) is 8.01. The van der Waals surface area contributed by atoms with Gasteiger partial charge in [-0.3, -0.25) is 24.0 Å². The average Bonchev–Trinajstić information content (AvgIpc) is 2.85. The molecule has 1 heterocycles. The van der Waals surface area contributed by atoms with Gasteiger partial charge in [-0.15, -0.1) is 0 Å². The van der Waals surface area contributed by atoms with Gasteiger partial charge in [0, 0.05) is 12.8 Å². The number of carbonyl (C=O) groups is 5. The monoisotopic (exact) mass is 481 g/mol. The number of phenolic OH excluding ortho intramolecular Hbond substituents is 1. The SMILES string of the molecule is O=C1CNC(=O)[C@@H](Cc2ccccc2)NC(=O)CNC(=O)[C@H](Cc2ccc(O)cc2)NC(=O)CN1. The molecule has 0 unspecified atom stereocenters. The van der Waals surface area contributed by atoms with E-state index in [1.165, 1.54) is 12.1 Å². The third-order valence-corrected chi connectivity index (χ3v) is 5.25. The number of amides is 5. The molecule has 3 rings (SSSR count). The van der Waals surface area contributed by atoms with Crippen LogP contribution in [-0.4, -0.2) is 66.4 Å². The molecule has 11 nitrogen and oxygen atoms in total. The van der Waals surface area contributed by atoms with E-state index in [2.05, 4.69) is 26.6 Å². The molecule has 2 aromatic carbocycles. The normalized spacial score (nSPS) is 20.3. The summed E-state index contributed by atoms with van der Waals surface area (Å²) in [6, 6.07) is 13.1. The lowest BCUT2D eigenvalue weighted by Gasteiger charge is -2.20. The zero-order chi connectivity index (χ0) is 25.2. The van der Waals surface area contributed by atoms with Gasteiger partial charge in [0.1, 0.15) is 17.8 Å². The van der Waals surface area contributed by atoms with Crippen molar-refractivity contribution in [1.82, 2.24) is 26.6 Å². The molecule has 6 N–H and O–H groups in total. The summed E-state index contributed by atoms with van der Waals surface area (Å²) < 4.78 is 0. The van der Waals surface area contributed by atoms with E-state index in [9.17, 15) is 29.1 Å². The molecule has 2 atom stereocenters. The molecule has 35 heavy (non-hydrogen) atoms. The highest BCUT2D eigenvalue weighted by Crippen LogP contribution is 2.11. The molecule has 2 aromatic rings. The van der Waals surface area contributed by atoms with Crippen LogP contribution in [0.25, 0.3) is 0 Å². The van der Waals surface area contributed by atoms with Crippen molar-refractivity contribution in [2.75, 3.05) is 19.6 Å². The Morgan fingerprint density at radius 1 is 0.600 bits per heavy atom. The maximum absolute atomic E-state index is 12.8. The van der Waals surface area contributed by atoms with Gasteiger partial charge in [-0.25, -0.2) is 0 Å². The Balaban J connectivity index is 1.75. The van der Waals surface area contributed by atoms with E-state index >= 15 is 0 Å². The van der Waals surface area contributed by atoms with Crippen LogP contribution in [0.15, 0.2) is 54.6 Å². The van der Waals surface area contributed by atoms with Crippen molar-refractivity contribution in [3.05, 3.63) is 65.7 Å². The minimum absolute atomic E-state index is 0.0527. The zero-order valence-corrected chi connectivity index (χ0v) is 18.9. The lowest BCUT2D eigenvalue weighted by atomic mass is 10.0. The molecule has 5 amide bonds. The molecule has 1 fully saturated rings. The summed E-state index contributed by atoms with van der Waals surface area (Å²) >= 11 is 0. The number of nitrogens with one attached hydrogen (secondary N) is 5. The maximum atomic E-state index is 12.8. The number of benzene rings is 2. The predicted octanol–water partition coefficient (Wildman–Crippen LogP) is -1.49. The van der Waals surface area contributed by atoms with Crippen LogP contribution in [0.1, 0.15) is 11.1 Å². The van der Waals surface area contributed by atoms with Crippen LogP contribution in [0.5, 0.6) is 5.75 Å². The number of aromatic hydroxyl groups is 1. The van der Waals surface area contributed by atoms with E-state index in [1.807, 2.05) is 6.07 Å². The Labute approximate surface area is 201 Å². The van der Waals surface area contributed by atoms with Crippen LogP contribution in [0.4, 0.5) is 0 Å². The fourth-order valence-corrected chi connectivity index (χ4v) is 3.45. The molecule has 184 valence electrons. The molecule has 0 spiro atoms. The third-order valence-electron chi connectivity index (χ3n) is 5.25. The third kappa shape index (κ3) is 8.14. The van der Waals surface area contributed by atoms with Crippen LogP contribution >= 0.6 is 0 Å². The number of carbonyl (C=O) groups excluding carboxylic acids is 5. The first-order valence-electron chi connectivity index (χ1n) is 11.0. The summed E-state index contributed by atoms with van der Waals surface area (Å²) in [7, 11) is 0. The van der Waals surface area contributed by atoms with E-state index in [0.717, 1.165) is 5.56 Å². The molecule has 0 aliphatic carbocycles. The fourth-order valence-electron chi connectivity index (χ4n) is 3.45. The standard InChI is InChI=1S/C24H27N5O6/c30-17-8-6-16(7-9-17)11-19-24(35)27-14-22(33)29-18(10-15-4-2-1-3-5-15)23(34)26-12-20(31)25-13-21(32)28-19/h1-9,18-19,30H,10-14H2,(H,25,31)(H,26,34)(H,27,35)(H,28,32)(H,29,33)/t18-,19+/m1/s1. The molecule has 0 saturated carbocycles. The highest BCUT2D eigenvalue weighted by Gasteiger charge is 2.25. The van der Waals surface area contributed by atoms with Crippen molar-refractivity contribution in [3.8, 4) is 5.75 Å². The van der Waals surface area contributed by atoms with Crippen LogP contribution in [-0.2, 0) is 36.8 Å². The summed E-state index contributed by atoms with van der Waals surface area (Å²) in [5.74, 6) is -2.97. The van der Waals surface area contributed by atoms with Crippen molar-refractivity contribution in [1.29, 1.82) is 0 Å². The molecule has 11 heteroatoms. The summed E-state index contributed by atoms with van der Waals surface area (Å²) in [6.07, 6.45) is 0.265. The van der Waals surface area contributed by atoms with E-state index in [1.54, 1.807) is 36.4 Å². The average molecular weight is 482 g/mol. The van der Waals surface area contributed by atoms with Crippen molar-refractivity contribution >= 4 is 29.5 Å². The Hall–Kier alpha value is -4.41. The van der Waals surface area contributed by atoms with Gasteiger partial charge >= 0.3 is 0 Å². The van der Waals surface area contributed by atoms with Crippen LogP contribution in [0, 0.1) is 0 Å². The number of phenols is 1. The fraction of sp³-hybridized carbons (Fsp3) is 0.292. The largest absolute Gasteiger partial charge is 0.508 e. The summed E-state index contributed by atoms with van der Waals surface area (Å²) in [4.78, 5) is 62.5. The summed E-state index contributed by atoms with van der Waals surface area (Å²) in [5.41, 5.74) is 1.45. The van der Waals surface area contributed by atoms with Gasteiger partial charge in [0.15, 0.2) is 0 Å². The van der Waals surface area contributed by atoms with E-state index in [-0.39, 0.29) is 25.1 Å². The second-order valence-electron chi connectivity index (χ2n) is 8.01.